The van der Waals surface area contributed by atoms with E-state index in [0.717, 1.165) is 0 Å². The van der Waals surface area contributed by atoms with Crippen molar-refractivity contribution in [2.45, 2.75) is 38.3 Å². The van der Waals surface area contributed by atoms with Crippen molar-refractivity contribution in [2.75, 3.05) is 6.61 Å². The lowest BCUT2D eigenvalue weighted by Gasteiger charge is -2.40. The summed E-state index contributed by atoms with van der Waals surface area (Å²) in [6, 6.07) is 0. The largest absolute Gasteiger partial charge is 0.390 e. The molecule has 0 aromatic carbocycles. The zero-order chi connectivity index (χ0) is 13.0. The first-order chi connectivity index (χ1) is 8.01. The van der Waals surface area contributed by atoms with Crippen LogP contribution in [0.15, 0.2) is 0 Å². The van der Waals surface area contributed by atoms with E-state index in [1.807, 2.05) is 0 Å². The number of rotatable bonds is 5. The number of hydrogen-bond acceptors (Lipinski definition) is 6. The third-order valence-corrected chi connectivity index (χ3v) is 6.34. The number of aliphatic hydroxyl groups excluding tert-OH is 2. The van der Waals surface area contributed by atoms with Gasteiger partial charge >= 0.3 is 0 Å². The number of aliphatic hydroxyl groups is 2. The Hall–Kier alpha value is 0.470. The summed E-state index contributed by atoms with van der Waals surface area (Å²) < 4.78 is 31.7. The molecule has 9 heteroatoms. The van der Waals surface area contributed by atoms with E-state index in [4.69, 9.17) is 9.26 Å². The van der Waals surface area contributed by atoms with Gasteiger partial charge in [0.1, 0.15) is 6.10 Å². The quantitative estimate of drug-likeness (QED) is 0.754. The molecular weight excluding hydrogens is 285 g/mol. The van der Waals surface area contributed by atoms with Crippen molar-refractivity contribution in [1.82, 2.24) is 0 Å². The second kappa shape index (κ2) is 7.16. The van der Waals surface area contributed by atoms with Crippen molar-refractivity contribution in [3.63, 3.8) is 0 Å². The maximum absolute atomic E-state index is 10.5. The molecule has 0 saturated carbocycles. The molecule has 3 unspecified atom stereocenters. The molecule has 6 nitrogen and oxygen atoms in total. The van der Waals surface area contributed by atoms with Crippen molar-refractivity contribution in [1.29, 1.82) is 0 Å². The zero-order valence-corrected chi connectivity index (χ0v) is 12.1. The molecule has 1 saturated heterocycles. The van der Waals surface area contributed by atoms with Crippen LogP contribution in [0.1, 0.15) is 13.8 Å². The van der Waals surface area contributed by atoms with E-state index >= 15 is 0 Å². The standard InChI is InChI=1S/C8H15O6P3/c1-4-6(3-13-17(15-11)16-12)14-5(2)8(10)7(4)9/h4-10H,3H2,1-2H3/t4-,5?,6?,7?,8+/m0/s1. The van der Waals surface area contributed by atoms with Crippen molar-refractivity contribution in [2.24, 2.45) is 5.92 Å². The predicted octanol–water partition coefficient (Wildman–Crippen LogP) is 1.96. The van der Waals surface area contributed by atoms with E-state index in [1.54, 1.807) is 13.8 Å². The van der Waals surface area contributed by atoms with Crippen LogP contribution in [-0.2, 0) is 18.4 Å². The summed E-state index contributed by atoms with van der Waals surface area (Å²) in [4.78, 5) is 0. The first kappa shape index (κ1) is 15.5. The Morgan fingerprint density at radius 2 is 1.82 bits per heavy atom. The fourth-order valence-corrected chi connectivity index (χ4v) is 3.13. The highest BCUT2D eigenvalue weighted by Gasteiger charge is 2.40. The third kappa shape index (κ3) is 3.97. The van der Waals surface area contributed by atoms with Crippen LogP contribution < -0.4 is 0 Å². The van der Waals surface area contributed by atoms with Gasteiger partial charge in [-0.1, -0.05) is 6.92 Å². The average molecular weight is 300 g/mol. The monoisotopic (exact) mass is 300 g/mol. The predicted molar refractivity (Wildman–Crippen MR) is 63.6 cm³/mol. The molecule has 0 aromatic rings. The van der Waals surface area contributed by atoms with E-state index in [-0.39, 0.29) is 28.8 Å². The Kier molecular flexibility index (Phi) is 6.54. The first-order valence-corrected chi connectivity index (χ1v) is 9.42. The molecule has 5 atom stereocenters. The van der Waals surface area contributed by atoms with Gasteiger partial charge in [-0.05, 0) is 6.92 Å². The van der Waals surface area contributed by atoms with Crippen molar-refractivity contribution in [3.05, 3.63) is 0 Å². The van der Waals surface area contributed by atoms with Gasteiger partial charge in [-0.3, -0.25) is 9.13 Å². The van der Waals surface area contributed by atoms with E-state index in [2.05, 4.69) is 0 Å². The van der Waals surface area contributed by atoms with Crippen LogP contribution in [0.25, 0.3) is 0 Å². The van der Waals surface area contributed by atoms with Gasteiger partial charge in [0.25, 0.3) is 0 Å². The molecular formula is C8H15O6P3. The summed E-state index contributed by atoms with van der Waals surface area (Å²) in [5.74, 6) is -0.301. The normalized spacial score (nSPS) is 40.6. The Morgan fingerprint density at radius 1 is 1.24 bits per heavy atom. The summed E-state index contributed by atoms with van der Waals surface area (Å²) in [7, 11) is -2.12. The molecule has 1 aliphatic rings. The molecule has 1 aliphatic heterocycles. The van der Waals surface area contributed by atoms with E-state index in [9.17, 15) is 19.3 Å². The van der Waals surface area contributed by atoms with Crippen LogP contribution in [0.5, 0.6) is 0 Å². The van der Waals surface area contributed by atoms with E-state index in [0.29, 0.717) is 0 Å². The second-order valence-corrected chi connectivity index (χ2v) is 9.13. The van der Waals surface area contributed by atoms with Gasteiger partial charge in [0.2, 0.25) is 23.8 Å². The zero-order valence-electron chi connectivity index (χ0n) is 9.46. The Morgan fingerprint density at radius 3 is 2.35 bits per heavy atom. The summed E-state index contributed by atoms with van der Waals surface area (Å²) in [6.45, 7) is 3.50. The van der Waals surface area contributed by atoms with Crippen molar-refractivity contribution in [3.8, 4) is 0 Å². The van der Waals surface area contributed by atoms with Gasteiger partial charge in [-0.25, -0.2) is 0 Å². The molecule has 2 N–H and O–H groups in total. The molecule has 0 aromatic heterocycles. The van der Waals surface area contributed by atoms with Gasteiger partial charge in [-0.2, -0.15) is 0 Å². The molecule has 1 fully saturated rings. The minimum atomic E-state index is -1.53. The van der Waals surface area contributed by atoms with Gasteiger partial charge in [0.15, 0.2) is 0 Å². The van der Waals surface area contributed by atoms with Crippen molar-refractivity contribution >= 4 is 23.8 Å². The summed E-state index contributed by atoms with van der Waals surface area (Å²) in [5, 5.41) is 19.3. The van der Waals surface area contributed by atoms with Crippen molar-refractivity contribution < 1.29 is 28.6 Å². The summed E-state index contributed by atoms with van der Waals surface area (Å²) in [5.41, 5.74) is 0. The van der Waals surface area contributed by atoms with Crippen LogP contribution in [-0.4, -0.2) is 41.2 Å². The molecule has 0 spiro atoms. The molecule has 0 amide bonds. The maximum Gasteiger partial charge on any atom is 0.224 e. The lowest BCUT2D eigenvalue weighted by atomic mass is 9.89. The maximum atomic E-state index is 10.5. The minimum absolute atomic E-state index is 0.103. The van der Waals surface area contributed by atoms with E-state index < -0.39 is 31.9 Å². The molecule has 98 valence electrons. The summed E-state index contributed by atoms with van der Waals surface area (Å²) in [6.07, 6.45) is -2.70. The van der Waals surface area contributed by atoms with Crippen LogP contribution >= 0.6 is 23.8 Å². The SMILES string of the molecule is CC1OC(COP(P=O)P=O)[C@H](C)C(O)[C@@H]1O. The van der Waals surface area contributed by atoms with Crippen LogP contribution in [0.4, 0.5) is 0 Å². The highest BCUT2D eigenvalue weighted by molar-refractivity contribution is 8.44. The number of ether oxygens (including phenoxy) is 1. The van der Waals surface area contributed by atoms with Gasteiger partial charge < -0.3 is 19.5 Å². The third-order valence-electron chi connectivity index (χ3n) is 2.84. The Balaban J connectivity index is 2.53. The fourth-order valence-electron chi connectivity index (χ4n) is 1.68. The Labute approximate surface area is 104 Å². The molecule has 0 bridgehead atoms. The van der Waals surface area contributed by atoms with Crippen LogP contribution in [0, 0.1) is 5.92 Å². The van der Waals surface area contributed by atoms with Gasteiger partial charge in [-0.15, -0.1) is 0 Å². The number of hydrogen-bond donors (Lipinski definition) is 2. The van der Waals surface area contributed by atoms with Crippen LogP contribution in [0.2, 0.25) is 0 Å². The smallest absolute Gasteiger partial charge is 0.224 e. The van der Waals surface area contributed by atoms with E-state index in [1.165, 1.54) is 0 Å². The van der Waals surface area contributed by atoms with Gasteiger partial charge in [0, 0.05) is 5.92 Å². The highest BCUT2D eigenvalue weighted by Crippen LogP contribution is 2.60. The molecule has 1 heterocycles. The lowest BCUT2D eigenvalue weighted by molar-refractivity contribution is -0.195. The molecule has 1 rings (SSSR count). The van der Waals surface area contributed by atoms with Crippen LogP contribution in [0.3, 0.4) is 0 Å². The summed E-state index contributed by atoms with van der Waals surface area (Å²) >= 11 is 0. The topological polar surface area (TPSA) is 93.1 Å². The molecule has 0 radical (unpaired) electrons. The highest BCUT2D eigenvalue weighted by atomic mass is 32.4. The second-order valence-electron chi connectivity index (χ2n) is 3.93. The average Bonchev–Trinajstić information content (AvgIpc) is 2.33. The fraction of sp³-hybridized carbons (Fsp3) is 1.00. The Bertz CT molecular complexity index is 270. The molecule has 0 aliphatic carbocycles. The minimum Gasteiger partial charge on any atom is -0.390 e. The first-order valence-electron chi connectivity index (χ1n) is 5.12. The van der Waals surface area contributed by atoms with Gasteiger partial charge in [0.05, 0.1) is 24.9 Å². The molecule has 17 heavy (non-hydrogen) atoms. The lowest BCUT2D eigenvalue weighted by Crippen LogP contribution is -2.53.